The van der Waals surface area contributed by atoms with E-state index in [2.05, 4.69) is 25.2 Å². The van der Waals surface area contributed by atoms with E-state index in [1.165, 1.54) is 0 Å². The topological polar surface area (TPSA) is 66.3 Å². The van der Waals surface area contributed by atoms with E-state index < -0.39 is 0 Å². The first-order chi connectivity index (χ1) is 8.43. The molecule has 5 nitrogen and oxygen atoms in total. The van der Waals surface area contributed by atoms with E-state index in [0.29, 0.717) is 11.8 Å². The second kappa shape index (κ2) is 4.77. The van der Waals surface area contributed by atoms with Crippen molar-refractivity contribution in [3.05, 3.63) is 11.6 Å². The maximum Gasteiger partial charge on any atom is 0.154 e. The molecule has 0 aliphatic carbocycles. The second-order valence-electron chi connectivity index (χ2n) is 4.69. The van der Waals surface area contributed by atoms with Crippen LogP contribution in [0.2, 0.25) is 0 Å². The zero-order valence-electron chi connectivity index (χ0n) is 9.84. The number of hydrogen-bond donors (Lipinski definition) is 1. The Morgan fingerprint density at radius 2 is 2.18 bits per heavy atom. The Morgan fingerprint density at radius 3 is 2.94 bits per heavy atom. The highest BCUT2D eigenvalue weighted by Crippen LogP contribution is 2.24. The van der Waals surface area contributed by atoms with Gasteiger partial charge in [0.05, 0.1) is 5.92 Å². The molecule has 5 heteroatoms. The third-order valence-electron chi connectivity index (χ3n) is 3.45. The molecule has 0 saturated carbocycles. The molecule has 3 heterocycles. The molecule has 1 aromatic heterocycles. The van der Waals surface area contributed by atoms with Gasteiger partial charge in [0.1, 0.15) is 5.82 Å². The summed E-state index contributed by atoms with van der Waals surface area (Å²) < 4.78 is 0. The van der Waals surface area contributed by atoms with Crippen molar-refractivity contribution in [1.29, 1.82) is 0 Å². The van der Waals surface area contributed by atoms with Crippen LogP contribution >= 0.6 is 0 Å². The zero-order chi connectivity index (χ0) is 11.5. The smallest absolute Gasteiger partial charge is 0.154 e. The first kappa shape index (κ1) is 10.6. The fraction of sp³-hybridized carbons (Fsp3) is 0.667. The summed E-state index contributed by atoms with van der Waals surface area (Å²) in [4.78, 5) is 13.2. The largest absolute Gasteiger partial charge is 0.297 e. The second-order valence-corrected chi connectivity index (χ2v) is 4.69. The summed E-state index contributed by atoms with van der Waals surface area (Å²) in [7, 11) is 0. The SMILES string of the molecule is C1=NCCCC1c1nc(C2CC=NCC2)n[nH]1. The highest BCUT2D eigenvalue weighted by Gasteiger charge is 2.21. The van der Waals surface area contributed by atoms with Gasteiger partial charge in [-0.05, 0) is 31.9 Å². The van der Waals surface area contributed by atoms with Crippen LogP contribution in [0.1, 0.15) is 49.2 Å². The highest BCUT2D eigenvalue weighted by atomic mass is 15.2. The minimum atomic E-state index is 0.335. The van der Waals surface area contributed by atoms with E-state index in [1.807, 2.05) is 12.4 Å². The van der Waals surface area contributed by atoms with E-state index in [0.717, 1.165) is 50.4 Å². The Hall–Kier alpha value is -1.52. The van der Waals surface area contributed by atoms with Crippen LogP contribution < -0.4 is 0 Å². The summed E-state index contributed by atoms with van der Waals surface area (Å²) in [5, 5.41) is 7.43. The van der Waals surface area contributed by atoms with Crippen molar-refractivity contribution >= 4 is 12.4 Å². The van der Waals surface area contributed by atoms with Crippen molar-refractivity contribution in [1.82, 2.24) is 15.2 Å². The molecule has 0 radical (unpaired) electrons. The number of hydrogen-bond acceptors (Lipinski definition) is 4. The third kappa shape index (κ3) is 2.28. The van der Waals surface area contributed by atoms with Crippen LogP contribution in [0.25, 0.3) is 0 Å². The minimum Gasteiger partial charge on any atom is -0.297 e. The fourth-order valence-electron chi connectivity index (χ4n) is 2.40. The molecular formula is C12H17N5. The molecule has 0 amide bonds. The number of nitrogens with one attached hydrogen (secondary N) is 1. The highest BCUT2D eigenvalue weighted by molar-refractivity contribution is 5.66. The van der Waals surface area contributed by atoms with Gasteiger partial charge in [-0.1, -0.05) is 0 Å². The monoisotopic (exact) mass is 231 g/mol. The predicted molar refractivity (Wildman–Crippen MR) is 67.1 cm³/mol. The van der Waals surface area contributed by atoms with Gasteiger partial charge in [-0.3, -0.25) is 15.1 Å². The number of aromatic amines is 1. The third-order valence-corrected chi connectivity index (χ3v) is 3.45. The Balaban J connectivity index is 1.75. The van der Waals surface area contributed by atoms with Crippen LogP contribution in [-0.2, 0) is 0 Å². The molecule has 1 aromatic rings. The Kier molecular flexibility index (Phi) is 2.98. The van der Waals surface area contributed by atoms with Gasteiger partial charge in [0, 0.05) is 25.2 Å². The van der Waals surface area contributed by atoms with Crippen LogP contribution in [0.5, 0.6) is 0 Å². The molecule has 0 bridgehead atoms. The average molecular weight is 231 g/mol. The molecule has 0 spiro atoms. The number of nitrogens with zero attached hydrogens (tertiary/aromatic N) is 4. The van der Waals surface area contributed by atoms with Crippen LogP contribution in [0, 0.1) is 0 Å². The van der Waals surface area contributed by atoms with E-state index in [-0.39, 0.29) is 0 Å². The van der Waals surface area contributed by atoms with Gasteiger partial charge in [-0.25, -0.2) is 4.98 Å². The molecule has 0 saturated heterocycles. The standard InChI is InChI=1S/C12H17N5/c1-2-10(8-14-5-1)12-15-11(16-17-12)9-3-6-13-7-4-9/h6,8-10H,1-5,7H2,(H,15,16,17). The molecule has 2 atom stereocenters. The molecule has 3 rings (SSSR count). The van der Waals surface area contributed by atoms with Crippen molar-refractivity contribution in [3.63, 3.8) is 0 Å². The summed E-state index contributed by atoms with van der Waals surface area (Å²) in [6.07, 6.45) is 8.31. The van der Waals surface area contributed by atoms with Gasteiger partial charge >= 0.3 is 0 Å². The van der Waals surface area contributed by atoms with Crippen LogP contribution in [-0.4, -0.2) is 40.7 Å². The van der Waals surface area contributed by atoms with Crippen molar-refractivity contribution in [2.45, 2.75) is 37.5 Å². The molecule has 2 aliphatic rings. The molecule has 17 heavy (non-hydrogen) atoms. The van der Waals surface area contributed by atoms with Crippen molar-refractivity contribution < 1.29 is 0 Å². The lowest BCUT2D eigenvalue weighted by molar-refractivity contribution is 0.602. The summed E-state index contributed by atoms with van der Waals surface area (Å²) in [5.41, 5.74) is 0. The van der Waals surface area contributed by atoms with Gasteiger partial charge in [-0.15, -0.1) is 0 Å². The Labute approximate surface area is 100 Å². The van der Waals surface area contributed by atoms with E-state index >= 15 is 0 Å². The molecule has 0 fully saturated rings. The van der Waals surface area contributed by atoms with Crippen molar-refractivity contribution in [2.24, 2.45) is 9.98 Å². The lowest BCUT2D eigenvalue weighted by Gasteiger charge is -2.14. The maximum atomic E-state index is 4.64. The summed E-state index contributed by atoms with van der Waals surface area (Å²) in [6, 6.07) is 0. The summed E-state index contributed by atoms with van der Waals surface area (Å²) in [5.74, 6) is 2.70. The van der Waals surface area contributed by atoms with E-state index in [4.69, 9.17) is 0 Å². The van der Waals surface area contributed by atoms with Gasteiger partial charge in [-0.2, -0.15) is 5.10 Å². The molecule has 0 aromatic carbocycles. The molecule has 2 aliphatic heterocycles. The lowest BCUT2D eigenvalue weighted by atomic mass is 9.99. The normalized spacial score (nSPS) is 28.5. The molecular weight excluding hydrogens is 214 g/mol. The van der Waals surface area contributed by atoms with Crippen molar-refractivity contribution in [3.8, 4) is 0 Å². The van der Waals surface area contributed by atoms with Gasteiger partial charge in [0.2, 0.25) is 0 Å². The summed E-state index contributed by atoms with van der Waals surface area (Å²) in [6.45, 7) is 1.86. The lowest BCUT2D eigenvalue weighted by Crippen LogP contribution is -2.10. The van der Waals surface area contributed by atoms with Gasteiger partial charge < -0.3 is 0 Å². The quantitative estimate of drug-likeness (QED) is 0.841. The first-order valence-corrected chi connectivity index (χ1v) is 6.34. The predicted octanol–water partition coefficient (Wildman–Crippen LogP) is 1.70. The minimum absolute atomic E-state index is 0.335. The van der Waals surface area contributed by atoms with Crippen molar-refractivity contribution in [2.75, 3.05) is 13.1 Å². The summed E-state index contributed by atoms with van der Waals surface area (Å²) >= 11 is 0. The van der Waals surface area contributed by atoms with E-state index in [9.17, 15) is 0 Å². The average Bonchev–Trinajstić information content (AvgIpc) is 2.90. The van der Waals surface area contributed by atoms with Gasteiger partial charge in [0.25, 0.3) is 0 Å². The Bertz CT molecular complexity index is 434. The van der Waals surface area contributed by atoms with Crippen LogP contribution in [0.3, 0.4) is 0 Å². The number of aliphatic imine (C=N–C) groups is 2. The number of H-pyrrole nitrogens is 1. The maximum absolute atomic E-state index is 4.64. The molecule has 1 N–H and O–H groups in total. The van der Waals surface area contributed by atoms with Crippen LogP contribution in [0.15, 0.2) is 9.98 Å². The Morgan fingerprint density at radius 1 is 1.18 bits per heavy atom. The number of aromatic nitrogens is 3. The van der Waals surface area contributed by atoms with Gasteiger partial charge in [0.15, 0.2) is 5.82 Å². The molecule has 90 valence electrons. The van der Waals surface area contributed by atoms with Crippen LogP contribution in [0.4, 0.5) is 0 Å². The zero-order valence-corrected chi connectivity index (χ0v) is 9.84. The molecule has 2 unspecified atom stereocenters. The van der Waals surface area contributed by atoms with E-state index in [1.54, 1.807) is 0 Å². The number of rotatable bonds is 2. The fourth-order valence-corrected chi connectivity index (χ4v) is 2.40. The first-order valence-electron chi connectivity index (χ1n) is 6.34.